The molecule has 0 atom stereocenters. The maximum absolute atomic E-state index is 12.2. The second-order valence-corrected chi connectivity index (χ2v) is 10.0. The van der Waals surface area contributed by atoms with E-state index in [4.69, 9.17) is 0 Å². The lowest BCUT2D eigenvalue weighted by Crippen LogP contribution is -2.33. The lowest BCUT2D eigenvalue weighted by molar-refractivity contribution is -0.115. The van der Waals surface area contributed by atoms with Gasteiger partial charge in [-0.25, -0.2) is 12.7 Å². The molecule has 2 N–H and O–H groups in total. The van der Waals surface area contributed by atoms with Gasteiger partial charge < -0.3 is 10.6 Å². The molecule has 0 saturated heterocycles. The van der Waals surface area contributed by atoms with Crippen molar-refractivity contribution in [2.24, 2.45) is 0 Å². The Balaban J connectivity index is 1.97. The van der Waals surface area contributed by atoms with Crippen LogP contribution in [0, 0.1) is 0 Å². The van der Waals surface area contributed by atoms with Crippen molar-refractivity contribution in [1.29, 1.82) is 0 Å². The Morgan fingerprint density at radius 1 is 1.00 bits per heavy atom. The first kappa shape index (κ1) is 22.6. The molecular weight excluding hydrogens is 390 g/mol. The summed E-state index contributed by atoms with van der Waals surface area (Å²) >= 11 is 0. The largest absolute Gasteiger partial charge is 0.343 e. The van der Waals surface area contributed by atoms with E-state index in [1.807, 2.05) is 12.1 Å². The monoisotopic (exact) mass is 417 g/mol. The fraction of sp³-hybridized carbons (Fsp3) is 0.333. The molecule has 0 saturated carbocycles. The molecule has 156 valence electrons. The SMILES string of the molecule is CN(C)S(=O)(=O)c1cccc(NC(=O)CNC(=O)c2ccc(C(C)(C)C)cc2)c1. The van der Waals surface area contributed by atoms with E-state index in [-0.39, 0.29) is 22.8 Å². The first-order valence-corrected chi connectivity index (χ1v) is 10.6. The zero-order valence-corrected chi connectivity index (χ0v) is 18.1. The van der Waals surface area contributed by atoms with Crippen LogP contribution in [-0.2, 0) is 20.2 Å². The molecular formula is C21H27N3O4S. The molecule has 2 aromatic carbocycles. The van der Waals surface area contributed by atoms with Crippen molar-refractivity contribution in [3.63, 3.8) is 0 Å². The molecule has 7 nitrogen and oxygen atoms in total. The van der Waals surface area contributed by atoms with Crippen LogP contribution >= 0.6 is 0 Å². The van der Waals surface area contributed by atoms with Crippen LogP contribution in [-0.4, -0.2) is 45.2 Å². The molecule has 2 rings (SSSR count). The summed E-state index contributed by atoms with van der Waals surface area (Å²) in [5.41, 5.74) is 1.90. The maximum Gasteiger partial charge on any atom is 0.251 e. The minimum Gasteiger partial charge on any atom is -0.343 e. The molecule has 0 aromatic heterocycles. The van der Waals surface area contributed by atoms with Gasteiger partial charge in [0.05, 0.1) is 11.4 Å². The van der Waals surface area contributed by atoms with Crippen molar-refractivity contribution in [2.45, 2.75) is 31.1 Å². The fourth-order valence-corrected chi connectivity index (χ4v) is 3.48. The highest BCUT2D eigenvalue weighted by Gasteiger charge is 2.18. The van der Waals surface area contributed by atoms with Gasteiger partial charge in [-0.05, 0) is 41.3 Å². The Morgan fingerprint density at radius 2 is 1.62 bits per heavy atom. The molecule has 0 heterocycles. The summed E-state index contributed by atoms with van der Waals surface area (Å²) in [6.45, 7) is 6.03. The zero-order valence-electron chi connectivity index (χ0n) is 17.3. The minimum atomic E-state index is -3.60. The van der Waals surface area contributed by atoms with Gasteiger partial charge in [-0.3, -0.25) is 9.59 Å². The number of carbonyl (C=O) groups excluding carboxylic acids is 2. The van der Waals surface area contributed by atoms with Crippen molar-refractivity contribution < 1.29 is 18.0 Å². The predicted octanol–water partition coefficient (Wildman–Crippen LogP) is 2.60. The Kier molecular flexibility index (Phi) is 6.81. The van der Waals surface area contributed by atoms with Crippen LogP contribution in [0.4, 0.5) is 5.69 Å². The van der Waals surface area contributed by atoms with E-state index in [2.05, 4.69) is 31.4 Å². The number of anilines is 1. The summed E-state index contributed by atoms with van der Waals surface area (Å²) in [5.74, 6) is -0.811. The molecule has 29 heavy (non-hydrogen) atoms. The summed E-state index contributed by atoms with van der Waals surface area (Å²) in [6.07, 6.45) is 0. The summed E-state index contributed by atoms with van der Waals surface area (Å²) < 4.78 is 25.5. The topological polar surface area (TPSA) is 95.6 Å². The fourth-order valence-electron chi connectivity index (χ4n) is 2.53. The first-order chi connectivity index (χ1) is 13.4. The number of rotatable bonds is 6. The van der Waals surface area contributed by atoms with Crippen molar-refractivity contribution in [2.75, 3.05) is 26.0 Å². The lowest BCUT2D eigenvalue weighted by Gasteiger charge is -2.19. The van der Waals surface area contributed by atoms with Gasteiger partial charge in [0, 0.05) is 25.3 Å². The predicted molar refractivity (Wildman–Crippen MR) is 113 cm³/mol. The quantitative estimate of drug-likeness (QED) is 0.755. The van der Waals surface area contributed by atoms with Gasteiger partial charge in [0.25, 0.3) is 5.91 Å². The van der Waals surface area contributed by atoms with E-state index >= 15 is 0 Å². The molecule has 0 aliphatic rings. The van der Waals surface area contributed by atoms with E-state index in [1.54, 1.807) is 24.3 Å². The number of hydrogen-bond acceptors (Lipinski definition) is 4. The number of sulfonamides is 1. The molecule has 0 bridgehead atoms. The molecule has 0 spiro atoms. The van der Waals surface area contributed by atoms with Crippen molar-refractivity contribution in [3.05, 3.63) is 59.7 Å². The van der Waals surface area contributed by atoms with Gasteiger partial charge in [-0.15, -0.1) is 0 Å². The standard InChI is InChI=1S/C21H27N3O4S/c1-21(2,3)16-11-9-15(10-12-16)20(26)22-14-19(25)23-17-7-6-8-18(13-17)29(27,28)24(4)5/h6-13H,14H2,1-5H3,(H,22,26)(H,23,25). The average molecular weight is 418 g/mol. The number of nitrogens with zero attached hydrogens (tertiary/aromatic N) is 1. The number of benzene rings is 2. The molecule has 0 fully saturated rings. The zero-order chi connectivity index (χ0) is 21.8. The lowest BCUT2D eigenvalue weighted by atomic mass is 9.87. The van der Waals surface area contributed by atoms with Crippen LogP contribution < -0.4 is 10.6 Å². The van der Waals surface area contributed by atoms with Crippen molar-refractivity contribution in [1.82, 2.24) is 9.62 Å². The van der Waals surface area contributed by atoms with Crippen molar-refractivity contribution >= 4 is 27.5 Å². The third-order valence-corrected chi connectivity index (χ3v) is 6.13. The molecule has 2 amide bonds. The van der Waals surface area contributed by atoms with Gasteiger partial charge in [-0.2, -0.15) is 0 Å². The van der Waals surface area contributed by atoms with Crippen LogP contribution in [0.3, 0.4) is 0 Å². The van der Waals surface area contributed by atoms with Crippen LogP contribution in [0.25, 0.3) is 0 Å². The number of carbonyl (C=O) groups is 2. The van der Waals surface area contributed by atoms with E-state index in [0.29, 0.717) is 11.3 Å². The van der Waals surface area contributed by atoms with Crippen LogP contribution in [0.1, 0.15) is 36.7 Å². The van der Waals surface area contributed by atoms with Crippen LogP contribution in [0.15, 0.2) is 53.4 Å². The Hall–Kier alpha value is -2.71. The first-order valence-electron chi connectivity index (χ1n) is 9.12. The normalized spacial score (nSPS) is 11.9. The summed E-state index contributed by atoms with van der Waals surface area (Å²) in [7, 11) is -0.729. The molecule has 0 unspecified atom stereocenters. The van der Waals surface area contributed by atoms with E-state index in [1.165, 1.54) is 26.2 Å². The maximum atomic E-state index is 12.2. The second-order valence-electron chi connectivity index (χ2n) is 7.87. The second kappa shape index (κ2) is 8.75. The highest BCUT2D eigenvalue weighted by Crippen LogP contribution is 2.22. The van der Waals surface area contributed by atoms with Gasteiger partial charge in [0.15, 0.2) is 0 Å². The summed E-state index contributed by atoms with van der Waals surface area (Å²) in [5, 5.41) is 5.16. The average Bonchev–Trinajstić information content (AvgIpc) is 2.65. The molecule has 2 aromatic rings. The van der Waals surface area contributed by atoms with Gasteiger partial charge >= 0.3 is 0 Å². The van der Waals surface area contributed by atoms with E-state index in [0.717, 1.165) is 9.87 Å². The van der Waals surface area contributed by atoms with Gasteiger partial charge in [0.1, 0.15) is 0 Å². The van der Waals surface area contributed by atoms with Crippen LogP contribution in [0.2, 0.25) is 0 Å². The van der Waals surface area contributed by atoms with Gasteiger partial charge in [0.2, 0.25) is 15.9 Å². The highest BCUT2D eigenvalue weighted by atomic mass is 32.2. The van der Waals surface area contributed by atoms with Crippen molar-refractivity contribution in [3.8, 4) is 0 Å². The summed E-state index contributed by atoms with van der Waals surface area (Å²) in [6, 6.07) is 13.2. The molecule has 0 aliphatic heterocycles. The smallest absolute Gasteiger partial charge is 0.251 e. The van der Waals surface area contributed by atoms with Gasteiger partial charge in [-0.1, -0.05) is 39.0 Å². The molecule has 8 heteroatoms. The number of hydrogen-bond donors (Lipinski definition) is 2. The number of nitrogens with one attached hydrogen (secondary N) is 2. The number of amides is 2. The minimum absolute atomic E-state index is 0.0104. The Morgan fingerprint density at radius 3 is 2.17 bits per heavy atom. The third kappa shape index (κ3) is 5.88. The highest BCUT2D eigenvalue weighted by molar-refractivity contribution is 7.89. The molecule has 0 aliphatic carbocycles. The van der Waals surface area contributed by atoms with E-state index < -0.39 is 15.9 Å². The Labute approximate surface area is 172 Å². The summed E-state index contributed by atoms with van der Waals surface area (Å²) in [4.78, 5) is 24.5. The van der Waals surface area contributed by atoms with E-state index in [9.17, 15) is 18.0 Å². The van der Waals surface area contributed by atoms with Crippen LogP contribution in [0.5, 0.6) is 0 Å². The Bertz CT molecular complexity index is 991. The third-order valence-electron chi connectivity index (χ3n) is 4.32. The molecule has 0 radical (unpaired) electrons.